The highest BCUT2D eigenvalue weighted by atomic mass is 16.5. The van der Waals surface area contributed by atoms with Gasteiger partial charge in [-0.15, -0.1) is 0 Å². The summed E-state index contributed by atoms with van der Waals surface area (Å²) in [5.41, 5.74) is 7.06. The van der Waals surface area contributed by atoms with Gasteiger partial charge >= 0.3 is 0 Å². The molecule has 0 bridgehead atoms. The monoisotopic (exact) mass is 414 g/mol. The number of para-hydroxylation sites is 1. The molecule has 1 aliphatic heterocycles. The Balaban J connectivity index is 1.61. The Hall–Kier alpha value is -3.67. The van der Waals surface area contributed by atoms with E-state index in [0.717, 1.165) is 58.9 Å². The van der Waals surface area contributed by atoms with Crippen LogP contribution in [0.3, 0.4) is 0 Å². The molecule has 0 atom stereocenters. The Morgan fingerprint density at radius 1 is 1.19 bits per heavy atom. The number of nitrogens with zero attached hydrogens (tertiary/aromatic N) is 3. The first kappa shape index (κ1) is 20.6. The number of benzene rings is 1. The number of allylic oxidation sites excluding steroid dienone is 2. The van der Waals surface area contributed by atoms with Crippen molar-refractivity contribution in [1.82, 2.24) is 19.9 Å². The topological polar surface area (TPSA) is 71.1 Å². The fourth-order valence-electron chi connectivity index (χ4n) is 3.88. The molecule has 2 aromatic heterocycles. The zero-order valence-electron chi connectivity index (χ0n) is 18.1. The summed E-state index contributed by atoms with van der Waals surface area (Å²) in [6.45, 7) is 9.88. The minimum absolute atomic E-state index is 0.162. The molecule has 158 valence electrons. The van der Waals surface area contributed by atoms with Crippen molar-refractivity contribution in [2.45, 2.75) is 26.8 Å². The molecule has 31 heavy (non-hydrogen) atoms. The van der Waals surface area contributed by atoms with Crippen LogP contribution in [0.2, 0.25) is 0 Å². The molecule has 3 heterocycles. The molecule has 0 radical (unpaired) electrons. The van der Waals surface area contributed by atoms with Crippen molar-refractivity contribution in [3.05, 3.63) is 94.1 Å². The van der Waals surface area contributed by atoms with Crippen molar-refractivity contribution in [3.63, 3.8) is 0 Å². The summed E-state index contributed by atoms with van der Waals surface area (Å²) in [6, 6.07) is 11.6. The standard InChI is InChI=1S/C25H26N4O2/c1-16(17(2)25-26-11-9-24(30)28-25)18(3)29-12-10-22-20(15-29)13-19(14-27-22)21-7-5-6-8-23(21)31-4/h5-9,11,13-14H,3,10,12,15H2,1-2,4H3,(H,26,28,30)/b17-16-. The molecule has 1 N–H and O–H groups in total. The Kier molecular flexibility index (Phi) is 5.71. The summed E-state index contributed by atoms with van der Waals surface area (Å²) in [4.78, 5) is 25.7. The average Bonchev–Trinajstić information content (AvgIpc) is 2.81. The number of nitrogens with one attached hydrogen (secondary N) is 1. The molecule has 4 rings (SSSR count). The zero-order chi connectivity index (χ0) is 22.0. The smallest absolute Gasteiger partial charge is 0.251 e. The van der Waals surface area contributed by atoms with Crippen LogP contribution >= 0.6 is 0 Å². The van der Waals surface area contributed by atoms with E-state index in [0.29, 0.717) is 5.82 Å². The van der Waals surface area contributed by atoms with Crippen LogP contribution in [0.1, 0.15) is 30.9 Å². The van der Waals surface area contributed by atoms with Crippen LogP contribution in [0.25, 0.3) is 16.7 Å². The molecular weight excluding hydrogens is 388 g/mol. The van der Waals surface area contributed by atoms with Gasteiger partial charge in [-0.2, -0.15) is 0 Å². The van der Waals surface area contributed by atoms with Gasteiger partial charge in [0.25, 0.3) is 5.56 Å². The van der Waals surface area contributed by atoms with Crippen molar-refractivity contribution >= 4 is 5.57 Å². The van der Waals surface area contributed by atoms with Crippen LogP contribution in [-0.4, -0.2) is 33.5 Å². The van der Waals surface area contributed by atoms with Crippen LogP contribution in [0.4, 0.5) is 0 Å². The van der Waals surface area contributed by atoms with E-state index in [1.54, 1.807) is 7.11 Å². The molecule has 1 aromatic carbocycles. The summed E-state index contributed by atoms with van der Waals surface area (Å²) >= 11 is 0. The zero-order valence-corrected chi connectivity index (χ0v) is 18.1. The van der Waals surface area contributed by atoms with Crippen molar-refractivity contribution in [1.29, 1.82) is 0 Å². The predicted molar refractivity (Wildman–Crippen MR) is 123 cm³/mol. The van der Waals surface area contributed by atoms with E-state index in [-0.39, 0.29) is 5.56 Å². The highest BCUT2D eigenvalue weighted by molar-refractivity contribution is 5.70. The molecule has 1 aliphatic rings. The van der Waals surface area contributed by atoms with Crippen LogP contribution in [-0.2, 0) is 13.0 Å². The Morgan fingerprint density at radius 3 is 2.77 bits per heavy atom. The van der Waals surface area contributed by atoms with E-state index < -0.39 is 0 Å². The number of hydrogen-bond donors (Lipinski definition) is 1. The molecule has 0 fully saturated rings. The molecule has 3 aromatic rings. The summed E-state index contributed by atoms with van der Waals surface area (Å²) in [5.74, 6) is 1.41. The molecule has 6 nitrogen and oxygen atoms in total. The maximum atomic E-state index is 11.7. The van der Waals surface area contributed by atoms with Crippen molar-refractivity contribution in [3.8, 4) is 16.9 Å². The van der Waals surface area contributed by atoms with Gasteiger partial charge in [0.2, 0.25) is 0 Å². The third-order valence-electron chi connectivity index (χ3n) is 5.86. The van der Waals surface area contributed by atoms with Gasteiger partial charge in [0.15, 0.2) is 0 Å². The van der Waals surface area contributed by atoms with Gasteiger partial charge in [-0.3, -0.25) is 9.78 Å². The van der Waals surface area contributed by atoms with Crippen LogP contribution < -0.4 is 10.3 Å². The number of aromatic amines is 1. The number of ether oxygens (including phenoxy) is 1. The quantitative estimate of drug-likeness (QED) is 0.634. The van der Waals surface area contributed by atoms with Crippen molar-refractivity contribution in [2.75, 3.05) is 13.7 Å². The van der Waals surface area contributed by atoms with Gasteiger partial charge in [-0.05, 0) is 42.7 Å². The lowest BCUT2D eigenvalue weighted by Gasteiger charge is -2.32. The summed E-state index contributed by atoms with van der Waals surface area (Å²) in [6.07, 6.45) is 4.30. The maximum absolute atomic E-state index is 11.7. The van der Waals surface area contributed by atoms with E-state index in [1.807, 2.05) is 44.3 Å². The highest BCUT2D eigenvalue weighted by Crippen LogP contribution is 2.32. The third kappa shape index (κ3) is 4.14. The number of hydrogen-bond acceptors (Lipinski definition) is 5. The second-order valence-corrected chi connectivity index (χ2v) is 7.68. The minimum Gasteiger partial charge on any atom is -0.496 e. The van der Waals surface area contributed by atoms with Gasteiger partial charge in [-0.1, -0.05) is 24.8 Å². The van der Waals surface area contributed by atoms with E-state index >= 15 is 0 Å². The number of methoxy groups -OCH3 is 1. The lowest BCUT2D eigenvalue weighted by molar-refractivity contribution is 0.326. The van der Waals surface area contributed by atoms with Gasteiger partial charge in [0, 0.05) is 60.5 Å². The van der Waals surface area contributed by atoms with E-state index in [4.69, 9.17) is 9.72 Å². The molecule has 0 spiro atoms. The van der Waals surface area contributed by atoms with E-state index in [1.165, 1.54) is 17.8 Å². The normalized spacial score (nSPS) is 14.0. The van der Waals surface area contributed by atoms with E-state index in [9.17, 15) is 4.79 Å². The average molecular weight is 415 g/mol. The molecule has 0 aliphatic carbocycles. The largest absolute Gasteiger partial charge is 0.496 e. The molecule has 0 saturated carbocycles. The van der Waals surface area contributed by atoms with Gasteiger partial charge in [-0.25, -0.2) is 4.98 Å². The first-order valence-electron chi connectivity index (χ1n) is 10.3. The molecule has 0 amide bonds. The van der Waals surface area contributed by atoms with E-state index in [2.05, 4.69) is 27.5 Å². The highest BCUT2D eigenvalue weighted by Gasteiger charge is 2.21. The van der Waals surface area contributed by atoms with Crippen LogP contribution in [0.5, 0.6) is 5.75 Å². The lowest BCUT2D eigenvalue weighted by atomic mass is 9.98. The summed E-state index contributed by atoms with van der Waals surface area (Å²) < 4.78 is 5.52. The van der Waals surface area contributed by atoms with Gasteiger partial charge in [0.05, 0.1) is 7.11 Å². The van der Waals surface area contributed by atoms with Crippen molar-refractivity contribution in [2.24, 2.45) is 0 Å². The number of pyridine rings is 1. The number of rotatable bonds is 5. The number of H-pyrrole nitrogens is 1. The first-order chi connectivity index (χ1) is 15.0. The molecular formula is C25H26N4O2. The Labute approximate surface area is 182 Å². The maximum Gasteiger partial charge on any atom is 0.251 e. The molecule has 6 heteroatoms. The molecule has 0 unspecified atom stereocenters. The van der Waals surface area contributed by atoms with Gasteiger partial charge < -0.3 is 14.6 Å². The van der Waals surface area contributed by atoms with Crippen LogP contribution in [0, 0.1) is 0 Å². The Bertz CT molecular complexity index is 1230. The molecule has 0 saturated heterocycles. The second kappa shape index (κ2) is 8.60. The first-order valence-corrected chi connectivity index (χ1v) is 10.3. The van der Waals surface area contributed by atoms with Crippen molar-refractivity contribution < 1.29 is 4.74 Å². The second-order valence-electron chi connectivity index (χ2n) is 7.68. The van der Waals surface area contributed by atoms with Crippen LogP contribution in [0.15, 0.2) is 71.4 Å². The lowest BCUT2D eigenvalue weighted by Crippen LogP contribution is -2.30. The SMILES string of the molecule is C=C(/C(C)=C(/C)c1nccc(=O)[nH]1)N1CCc2ncc(-c3ccccc3OC)cc2C1. The minimum atomic E-state index is -0.162. The van der Waals surface area contributed by atoms with Gasteiger partial charge in [0.1, 0.15) is 11.6 Å². The number of aromatic nitrogens is 3. The summed E-state index contributed by atoms with van der Waals surface area (Å²) in [7, 11) is 1.68. The predicted octanol–water partition coefficient (Wildman–Crippen LogP) is 4.21. The number of fused-ring (bicyclic) bond motifs is 1. The third-order valence-corrected chi connectivity index (χ3v) is 5.86. The fraction of sp³-hybridized carbons (Fsp3) is 0.240. The summed E-state index contributed by atoms with van der Waals surface area (Å²) in [5, 5.41) is 0. The fourth-order valence-corrected chi connectivity index (χ4v) is 3.88. The Morgan fingerprint density at radius 2 is 2.00 bits per heavy atom.